The minimum Gasteiger partial charge on any atom is -0.365 e. The summed E-state index contributed by atoms with van der Waals surface area (Å²) >= 11 is 0. The molecule has 0 radical (unpaired) electrons. The molecule has 0 saturated carbocycles. The molecule has 0 fully saturated rings. The van der Waals surface area contributed by atoms with Crippen LogP contribution < -0.4 is 5.32 Å². The Hall–Kier alpha value is -2.82. The first-order valence-corrected chi connectivity index (χ1v) is 8.13. The lowest BCUT2D eigenvalue weighted by atomic mass is 10.1. The molecule has 1 aromatic carbocycles. The summed E-state index contributed by atoms with van der Waals surface area (Å²) in [7, 11) is 0. The molecular formula is C19H21N5. The normalized spacial score (nSPS) is 12.2. The third-order valence-corrected chi connectivity index (χ3v) is 4.04. The molecular weight excluding hydrogens is 298 g/mol. The van der Waals surface area contributed by atoms with Gasteiger partial charge in [-0.15, -0.1) is 0 Å². The molecule has 0 aliphatic rings. The summed E-state index contributed by atoms with van der Waals surface area (Å²) in [5.74, 6) is 1.01. The van der Waals surface area contributed by atoms with Gasteiger partial charge in [0.15, 0.2) is 0 Å². The summed E-state index contributed by atoms with van der Waals surface area (Å²) in [4.78, 5) is 4.86. The maximum Gasteiger partial charge on any atom is 0.139 e. The van der Waals surface area contributed by atoms with Gasteiger partial charge in [0.25, 0.3) is 0 Å². The number of imidazole rings is 1. The van der Waals surface area contributed by atoms with Crippen LogP contribution in [-0.2, 0) is 0 Å². The minimum absolute atomic E-state index is 0.0593. The van der Waals surface area contributed by atoms with E-state index in [0.717, 1.165) is 39.3 Å². The van der Waals surface area contributed by atoms with E-state index in [1.807, 2.05) is 37.4 Å². The van der Waals surface area contributed by atoms with E-state index >= 15 is 0 Å². The third kappa shape index (κ3) is 2.42. The number of aromatic nitrogens is 4. The highest BCUT2D eigenvalue weighted by Crippen LogP contribution is 2.32. The molecule has 5 nitrogen and oxygen atoms in total. The fourth-order valence-corrected chi connectivity index (χ4v) is 2.96. The van der Waals surface area contributed by atoms with Gasteiger partial charge in [-0.25, -0.2) is 4.98 Å². The molecule has 0 aliphatic carbocycles. The molecule has 0 bridgehead atoms. The van der Waals surface area contributed by atoms with Crippen LogP contribution in [0.3, 0.4) is 0 Å². The third-order valence-electron chi connectivity index (χ3n) is 4.04. The Kier molecular flexibility index (Phi) is 3.13. The SMILES string of the molecule is Cc1[nH]nc2ccc(-c3nc4ccccn4c3NC(C)(C)C)cc12. The molecule has 4 rings (SSSR count). The predicted molar refractivity (Wildman–Crippen MR) is 98.4 cm³/mol. The lowest BCUT2D eigenvalue weighted by molar-refractivity contribution is 0.629. The van der Waals surface area contributed by atoms with Gasteiger partial charge in [-0.05, 0) is 52.0 Å². The Morgan fingerprint density at radius 3 is 2.75 bits per heavy atom. The van der Waals surface area contributed by atoms with Crippen LogP contribution in [0.25, 0.3) is 27.8 Å². The largest absolute Gasteiger partial charge is 0.365 e. The van der Waals surface area contributed by atoms with Crippen molar-refractivity contribution in [2.24, 2.45) is 0 Å². The van der Waals surface area contributed by atoms with Crippen LogP contribution in [0.1, 0.15) is 26.5 Å². The van der Waals surface area contributed by atoms with Crippen molar-refractivity contribution in [1.29, 1.82) is 0 Å². The maximum absolute atomic E-state index is 4.86. The van der Waals surface area contributed by atoms with Crippen molar-refractivity contribution in [3.8, 4) is 11.3 Å². The number of aromatic amines is 1. The van der Waals surface area contributed by atoms with Crippen LogP contribution in [0.2, 0.25) is 0 Å². The zero-order valence-corrected chi connectivity index (χ0v) is 14.4. The van der Waals surface area contributed by atoms with E-state index in [2.05, 4.69) is 52.8 Å². The topological polar surface area (TPSA) is 58.0 Å². The first-order chi connectivity index (χ1) is 11.4. The zero-order chi connectivity index (χ0) is 16.9. The highest BCUT2D eigenvalue weighted by molar-refractivity contribution is 5.88. The fourth-order valence-electron chi connectivity index (χ4n) is 2.96. The Morgan fingerprint density at radius 1 is 1.12 bits per heavy atom. The lowest BCUT2D eigenvalue weighted by Gasteiger charge is -2.22. The highest BCUT2D eigenvalue weighted by Gasteiger charge is 2.19. The number of nitrogens with zero attached hydrogens (tertiary/aromatic N) is 3. The van der Waals surface area contributed by atoms with Gasteiger partial charge in [0.2, 0.25) is 0 Å². The average Bonchev–Trinajstić information content (AvgIpc) is 3.08. The predicted octanol–water partition coefficient (Wildman–Crippen LogP) is 4.40. The monoisotopic (exact) mass is 319 g/mol. The van der Waals surface area contributed by atoms with Crippen LogP contribution in [0.4, 0.5) is 5.82 Å². The highest BCUT2D eigenvalue weighted by atomic mass is 15.2. The summed E-state index contributed by atoms with van der Waals surface area (Å²) < 4.78 is 2.10. The fraction of sp³-hybridized carbons (Fsp3) is 0.263. The van der Waals surface area contributed by atoms with E-state index in [-0.39, 0.29) is 5.54 Å². The standard InChI is InChI=1S/C19H21N5/c1-12-14-11-13(8-9-15(14)23-22-12)17-18(21-19(2,3)4)24-10-6-5-7-16(24)20-17/h5-11,21H,1-4H3,(H,22,23). The van der Waals surface area contributed by atoms with Crippen molar-refractivity contribution < 1.29 is 0 Å². The van der Waals surface area contributed by atoms with Crippen LogP contribution in [0, 0.1) is 6.92 Å². The number of benzene rings is 1. The molecule has 3 heterocycles. The minimum atomic E-state index is -0.0593. The second-order valence-electron chi connectivity index (χ2n) is 7.19. The Bertz CT molecular complexity index is 1030. The summed E-state index contributed by atoms with van der Waals surface area (Å²) in [5.41, 5.74) is 4.96. The molecule has 0 amide bonds. The Labute approximate surface area is 140 Å². The van der Waals surface area contributed by atoms with Crippen LogP contribution in [0.5, 0.6) is 0 Å². The van der Waals surface area contributed by atoms with E-state index < -0.39 is 0 Å². The molecule has 0 spiro atoms. The quantitative estimate of drug-likeness (QED) is 0.576. The number of aryl methyl sites for hydroxylation is 1. The lowest BCUT2D eigenvalue weighted by Crippen LogP contribution is -2.27. The summed E-state index contributed by atoms with van der Waals surface area (Å²) in [6, 6.07) is 12.3. The van der Waals surface area contributed by atoms with Gasteiger partial charge in [0.05, 0.1) is 5.52 Å². The first-order valence-electron chi connectivity index (χ1n) is 8.13. The van der Waals surface area contributed by atoms with E-state index in [1.54, 1.807) is 0 Å². The van der Waals surface area contributed by atoms with E-state index in [4.69, 9.17) is 4.98 Å². The summed E-state index contributed by atoms with van der Waals surface area (Å²) in [6.07, 6.45) is 2.04. The van der Waals surface area contributed by atoms with Gasteiger partial charge in [-0.3, -0.25) is 9.50 Å². The molecule has 4 aromatic rings. The van der Waals surface area contributed by atoms with Crippen molar-refractivity contribution in [3.63, 3.8) is 0 Å². The van der Waals surface area contributed by atoms with Gasteiger partial charge < -0.3 is 5.32 Å². The van der Waals surface area contributed by atoms with Crippen molar-refractivity contribution in [1.82, 2.24) is 19.6 Å². The van der Waals surface area contributed by atoms with Crippen molar-refractivity contribution in [2.75, 3.05) is 5.32 Å². The molecule has 0 atom stereocenters. The number of hydrogen-bond acceptors (Lipinski definition) is 3. The number of nitrogens with one attached hydrogen (secondary N) is 2. The molecule has 5 heteroatoms. The van der Waals surface area contributed by atoms with Gasteiger partial charge in [0, 0.05) is 28.4 Å². The zero-order valence-electron chi connectivity index (χ0n) is 14.4. The number of pyridine rings is 1. The molecule has 2 N–H and O–H groups in total. The number of rotatable bonds is 2. The molecule has 122 valence electrons. The van der Waals surface area contributed by atoms with Gasteiger partial charge in [0.1, 0.15) is 17.2 Å². The number of H-pyrrole nitrogens is 1. The van der Waals surface area contributed by atoms with Crippen molar-refractivity contribution >= 4 is 22.4 Å². The maximum atomic E-state index is 4.86. The van der Waals surface area contributed by atoms with Crippen LogP contribution in [0.15, 0.2) is 42.6 Å². The average molecular weight is 319 g/mol. The number of hydrogen-bond donors (Lipinski definition) is 2. The van der Waals surface area contributed by atoms with E-state index in [0.29, 0.717) is 0 Å². The Balaban J connectivity index is 1.96. The second kappa shape index (κ2) is 5.09. The number of fused-ring (bicyclic) bond motifs is 2. The summed E-state index contributed by atoms with van der Waals surface area (Å²) in [5, 5.41) is 12.1. The summed E-state index contributed by atoms with van der Waals surface area (Å²) in [6.45, 7) is 8.50. The van der Waals surface area contributed by atoms with Gasteiger partial charge in [-0.1, -0.05) is 12.1 Å². The van der Waals surface area contributed by atoms with E-state index in [9.17, 15) is 0 Å². The molecule has 24 heavy (non-hydrogen) atoms. The number of anilines is 1. The second-order valence-corrected chi connectivity index (χ2v) is 7.19. The van der Waals surface area contributed by atoms with Crippen LogP contribution in [-0.4, -0.2) is 25.1 Å². The molecule has 0 aliphatic heterocycles. The van der Waals surface area contributed by atoms with E-state index in [1.165, 1.54) is 0 Å². The van der Waals surface area contributed by atoms with Gasteiger partial charge in [-0.2, -0.15) is 5.10 Å². The van der Waals surface area contributed by atoms with Crippen molar-refractivity contribution in [3.05, 3.63) is 48.3 Å². The molecule has 0 saturated heterocycles. The van der Waals surface area contributed by atoms with Gasteiger partial charge >= 0.3 is 0 Å². The Morgan fingerprint density at radius 2 is 1.96 bits per heavy atom. The first kappa shape index (κ1) is 14.8. The van der Waals surface area contributed by atoms with Crippen molar-refractivity contribution in [2.45, 2.75) is 33.2 Å². The van der Waals surface area contributed by atoms with Crippen LogP contribution >= 0.6 is 0 Å². The molecule has 0 unspecified atom stereocenters. The smallest absolute Gasteiger partial charge is 0.139 e. The molecule has 3 aromatic heterocycles.